The van der Waals surface area contributed by atoms with E-state index in [0.717, 1.165) is 29.6 Å². The van der Waals surface area contributed by atoms with Crippen LogP contribution in [0.25, 0.3) is 16.5 Å². The van der Waals surface area contributed by atoms with Crippen LogP contribution in [0.4, 0.5) is 5.82 Å². The summed E-state index contributed by atoms with van der Waals surface area (Å²) in [5.74, 6) is 0.669. The Balaban J connectivity index is 1.93. The number of hydrogen-bond donors (Lipinski definition) is 2. The maximum absolute atomic E-state index is 11.3. The average Bonchev–Trinajstić information content (AvgIpc) is 2.84. The third-order valence-electron chi connectivity index (χ3n) is 3.58. The van der Waals surface area contributed by atoms with Crippen molar-refractivity contribution in [1.82, 2.24) is 14.9 Å². The minimum Gasteiger partial charge on any atom is -0.383 e. The van der Waals surface area contributed by atoms with Gasteiger partial charge in [0.2, 0.25) is 5.91 Å². The van der Waals surface area contributed by atoms with Crippen molar-refractivity contribution in [3.8, 4) is 0 Å². The highest BCUT2D eigenvalue weighted by Gasteiger charge is 2.16. The minimum atomic E-state index is 0.125. The van der Waals surface area contributed by atoms with Crippen molar-refractivity contribution in [3.63, 3.8) is 0 Å². The molecule has 0 saturated heterocycles. The van der Waals surface area contributed by atoms with Gasteiger partial charge in [-0.2, -0.15) is 0 Å². The lowest BCUT2D eigenvalue weighted by atomic mass is 10.0. The lowest BCUT2D eigenvalue weighted by Crippen LogP contribution is -2.32. The number of amides is 1. The van der Waals surface area contributed by atoms with E-state index in [1.54, 1.807) is 13.1 Å². The zero-order chi connectivity index (χ0) is 13.4. The molecule has 0 aliphatic carbocycles. The Morgan fingerprint density at radius 2 is 2.37 bits per heavy atom. The molecule has 2 aromatic rings. The Kier molecular flexibility index (Phi) is 2.74. The van der Waals surface area contributed by atoms with Gasteiger partial charge in [0.1, 0.15) is 5.82 Å². The van der Waals surface area contributed by atoms with Gasteiger partial charge in [-0.15, -0.1) is 0 Å². The molecular formula is C14H16N4O. The number of carbonyl (C=O) groups excluding carboxylic acids is 1. The van der Waals surface area contributed by atoms with E-state index in [0.29, 0.717) is 12.4 Å². The number of anilines is 1. The number of H-pyrrole nitrogens is 1. The van der Waals surface area contributed by atoms with Gasteiger partial charge in [0.25, 0.3) is 0 Å². The predicted octanol–water partition coefficient (Wildman–Crippen LogP) is 1.78. The molecule has 0 radical (unpaired) electrons. The van der Waals surface area contributed by atoms with E-state index in [4.69, 9.17) is 5.73 Å². The Bertz CT molecular complexity index is 671. The molecule has 5 heteroatoms. The van der Waals surface area contributed by atoms with Gasteiger partial charge in [-0.05, 0) is 24.1 Å². The molecule has 19 heavy (non-hydrogen) atoms. The quantitative estimate of drug-likeness (QED) is 0.816. The Morgan fingerprint density at radius 3 is 3.00 bits per heavy atom. The SMILES string of the molecule is CC(=O)N1CC=C(c2cc3c(N)nccc3[nH]2)CC1. The first-order chi connectivity index (χ1) is 9.15. The molecule has 0 spiro atoms. The maximum atomic E-state index is 11.3. The van der Waals surface area contributed by atoms with Crippen molar-refractivity contribution in [2.45, 2.75) is 13.3 Å². The van der Waals surface area contributed by atoms with E-state index < -0.39 is 0 Å². The fraction of sp³-hybridized carbons (Fsp3) is 0.286. The first-order valence-corrected chi connectivity index (χ1v) is 6.33. The van der Waals surface area contributed by atoms with Gasteiger partial charge >= 0.3 is 0 Å². The topological polar surface area (TPSA) is 75.0 Å². The highest BCUT2D eigenvalue weighted by atomic mass is 16.2. The molecule has 2 aromatic heterocycles. The second-order valence-electron chi connectivity index (χ2n) is 4.78. The number of rotatable bonds is 1. The second-order valence-corrected chi connectivity index (χ2v) is 4.78. The summed E-state index contributed by atoms with van der Waals surface area (Å²) in [7, 11) is 0. The molecule has 1 amide bonds. The fourth-order valence-electron chi connectivity index (χ4n) is 2.45. The maximum Gasteiger partial charge on any atom is 0.219 e. The number of fused-ring (bicyclic) bond motifs is 1. The molecule has 0 unspecified atom stereocenters. The molecule has 1 aliphatic heterocycles. The summed E-state index contributed by atoms with van der Waals surface area (Å²) in [6, 6.07) is 3.95. The van der Waals surface area contributed by atoms with Crippen molar-refractivity contribution < 1.29 is 4.79 Å². The summed E-state index contributed by atoms with van der Waals surface area (Å²) in [5.41, 5.74) is 9.15. The number of nitrogen functional groups attached to an aromatic ring is 1. The lowest BCUT2D eigenvalue weighted by Gasteiger charge is -2.24. The molecule has 98 valence electrons. The summed E-state index contributed by atoms with van der Waals surface area (Å²) < 4.78 is 0. The molecule has 3 N–H and O–H groups in total. The van der Waals surface area contributed by atoms with Crippen LogP contribution < -0.4 is 5.73 Å². The zero-order valence-electron chi connectivity index (χ0n) is 10.8. The number of hydrogen-bond acceptors (Lipinski definition) is 3. The van der Waals surface area contributed by atoms with Gasteiger partial charge in [-0.3, -0.25) is 4.79 Å². The Hall–Kier alpha value is -2.30. The summed E-state index contributed by atoms with van der Waals surface area (Å²) >= 11 is 0. The van der Waals surface area contributed by atoms with Gasteiger partial charge in [-0.1, -0.05) is 6.08 Å². The van der Waals surface area contributed by atoms with Gasteiger partial charge in [0.15, 0.2) is 0 Å². The van der Waals surface area contributed by atoms with Crippen molar-refractivity contribution in [2.75, 3.05) is 18.8 Å². The molecule has 1 aliphatic rings. The van der Waals surface area contributed by atoms with Crippen molar-refractivity contribution >= 4 is 28.2 Å². The van der Waals surface area contributed by atoms with E-state index in [2.05, 4.69) is 16.0 Å². The molecule has 0 bridgehead atoms. The van der Waals surface area contributed by atoms with Crippen LogP contribution in [-0.4, -0.2) is 33.9 Å². The predicted molar refractivity (Wildman–Crippen MR) is 75.4 cm³/mol. The summed E-state index contributed by atoms with van der Waals surface area (Å²) in [5, 5.41) is 0.951. The van der Waals surface area contributed by atoms with Crippen LogP contribution in [0.1, 0.15) is 19.0 Å². The Labute approximate surface area is 111 Å². The summed E-state index contributed by atoms with van der Waals surface area (Å²) in [6.45, 7) is 3.05. The monoisotopic (exact) mass is 256 g/mol. The number of aromatic nitrogens is 2. The second kappa shape index (κ2) is 4.42. The van der Waals surface area contributed by atoms with E-state index in [1.807, 2.05) is 17.0 Å². The highest BCUT2D eigenvalue weighted by molar-refractivity contribution is 5.92. The summed E-state index contributed by atoms with van der Waals surface area (Å²) in [6.07, 6.45) is 4.66. The number of carbonyl (C=O) groups is 1. The molecule has 0 aromatic carbocycles. The van der Waals surface area contributed by atoms with Crippen LogP contribution >= 0.6 is 0 Å². The number of nitrogens with zero attached hydrogens (tertiary/aromatic N) is 2. The molecule has 0 atom stereocenters. The number of pyridine rings is 1. The van der Waals surface area contributed by atoms with Gasteiger partial charge < -0.3 is 15.6 Å². The number of aromatic amines is 1. The zero-order valence-corrected chi connectivity index (χ0v) is 10.8. The van der Waals surface area contributed by atoms with Crippen LogP contribution in [-0.2, 0) is 4.79 Å². The lowest BCUT2D eigenvalue weighted by molar-refractivity contribution is -0.128. The van der Waals surface area contributed by atoms with Crippen LogP contribution in [0, 0.1) is 0 Å². The third kappa shape index (κ3) is 2.07. The van der Waals surface area contributed by atoms with E-state index >= 15 is 0 Å². The number of nitrogens with one attached hydrogen (secondary N) is 1. The fourth-order valence-corrected chi connectivity index (χ4v) is 2.45. The third-order valence-corrected chi connectivity index (χ3v) is 3.58. The van der Waals surface area contributed by atoms with Gasteiger partial charge in [0.05, 0.1) is 5.52 Å². The van der Waals surface area contributed by atoms with Gasteiger partial charge in [-0.25, -0.2) is 4.98 Å². The molecular weight excluding hydrogens is 240 g/mol. The molecule has 3 heterocycles. The highest BCUT2D eigenvalue weighted by Crippen LogP contribution is 2.27. The van der Waals surface area contributed by atoms with Crippen LogP contribution in [0.2, 0.25) is 0 Å². The molecule has 5 nitrogen and oxygen atoms in total. The van der Waals surface area contributed by atoms with E-state index in [-0.39, 0.29) is 5.91 Å². The van der Waals surface area contributed by atoms with Crippen LogP contribution in [0.15, 0.2) is 24.4 Å². The van der Waals surface area contributed by atoms with Crippen molar-refractivity contribution in [1.29, 1.82) is 0 Å². The normalized spacial score (nSPS) is 15.6. The first-order valence-electron chi connectivity index (χ1n) is 6.33. The smallest absolute Gasteiger partial charge is 0.219 e. The first kappa shape index (κ1) is 11.8. The van der Waals surface area contributed by atoms with Crippen LogP contribution in [0.3, 0.4) is 0 Å². The molecule has 0 fully saturated rings. The van der Waals surface area contributed by atoms with Crippen molar-refractivity contribution in [3.05, 3.63) is 30.1 Å². The van der Waals surface area contributed by atoms with Gasteiger partial charge in [0, 0.05) is 37.3 Å². The van der Waals surface area contributed by atoms with Crippen LogP contribution in [0.5, 0.6) is 0 Å². The average molecular weight is 256 g/mol. The Morgan fingerprint density at radius 1 is 1.53 bits per heavy atom. The minimum absolute atomic E-state index is 0.125. The largest absolute Gasteiger partial charge is 0.383 e. The summed E-state index contributed by atoms with van der Waals surface area (Å²) in [4.78, 5) is 20.6. The number of nitrogens with two attached hydrogens (primary N) is 1. The molecule has 0 saturated carbocycles. The van der Waals surface area contributed by atoms with Crippen molar-refractivity contribution in [2.24, 2.45) is 0 Å². The molecule has 3 rings (SSSR count). The van der Waals surface area contributed by atoms with E-state index in [1.165, 1.54) is 5.57 Å². The van der Waals surface area contributed by atoms with E-state index in [9.17, 15) is 4.79 Å². The standard InChI is InChI=1S/C14H16N4O/c1-9(19)18-6-3-10(4-7-18)13-8-11-12(17-13)2-5-16-14(11)15/h2-3,5,8,17H,4,6-7H2,1H3,(H2,15,16).